The molecule has 0 aromatic heterocycles. The molecule has 0 unspecified atom stereocenters. The van der Waals surface area contributed by atoms with Crippen molar-refractivity contribution in [2.75, 3.05) is 26.8 Å². The van der Waals surface area contributed by atoms with E-state index in [0.29, 0.717) is 26.2 Å². The van der Waals surface area contributed by atoms with E-state index in [1.165, 1.54) is 0 Å². The maximum Gasteiger partial charge on any atom is 0.407 e. The van der Waals surface area contributed by atoms with Crippen LogP contribution in [0.4, 0.5) is 4.79 Å². The zero-order valence-electron chi connectivity index (χ0n) is 14.7. The Morgan fingerprint density at radius 3 is 2.57 bits per heavy atom. The number of methoxy groups -OCH3 is 1. The average molecular weight is 324 g/mol. The Kier molecular flexibility index (Phi) is 7.68. The molecule has 0 heterocycles. The number of amides is 1. The van der Waals surface area contributed by atoms with Gasteiger partial charge >= 0.3 is 6.09 Å². The van der Waals surface area contributed by atoms with Crippen LogP contribution in [-0.2, 0) is 11.3 Å². The highest BCUT2D eigenvalue weighted by atomic mass is 16.6. The second kappa shape index (κ2) is 9.25. The minimum atomic E-state index is -0.482. The highest BCUT2D eigenvalue weighted by Crippen LogP contribution is 2.30. The Balaban J connectivity index is 2.39. The van der Waals surface area contributed by atoms with Gasteiger partial charge in [0.05, 0.1) is 13.7 Å². The maximum absolute atomic E-state index is 11.5. The van der Waals surface area contributed by atoms with E-state index >= 15 is 0 Å². The van der Waals surface area contributed by atoms with Gasteiger partial charge in [-0.15, -0.1) is 0 Å². The maximum atomic E-state index is 11.5. The largest absolute Gasteiger partial charge is 0.493 e. The van der Waals surface area contributed by atoms with Gasteiger partial charge in [-0.1, -0.05) is 12.1 Å². The number of hydrogen-bond donors (Lipinski definition) is 2. The van der Waals surface area contributed by atoms with Crippen LogP contribution < -0.4 is 20.1 Å². The van der Waals surface area contributed by atoms with Gasteiger partial charge in [0, 0.05) is 25.2 Å². The molecule has 0 spiro atoms. The van der Waals surface area contributed by atoms with Gasteiger partial charge in [-0.2, -0.15) is 0 Å². The first-order valence-electron chi connectivity index (χ1n) is 7.83. The minimum absolute atomic E-state index is 0.407. The summed E-state index contributed by atoms with van der Waals surface area (Å²) in [6.07, 6.45) is -0.407. The molecule has 130 valence electrons. The molecule has 6 nitrogen and oxygen atoms in total. The van der Waals surface area contributed by atoms with E-state index in [-0.39, 0.29) is 0 Å². The van der Waals surface area contributed by atoms with E-state index < -0.39 is 11.7 Å². The number of alkyl carbamates (subject to hydrolysis) is 1. The minimum Gasteiger partial charge on any atom is -0.493 e. The highest BCUT2D eigenvalue weighted by molar-refractivity contribution is 5.67. The third-order valence-corrected chi connectivity index (χ3v) is 2.85. The van der Waals surface area contributed by atoms with Crippen molar-refractivity contribution < 1.29 is 19.0 Å². The topological polar surface area (TPSA) is 68.8 Å². The van der Waals surface area contributed by atoms with Crippen molar-refractivity contribution >= 4 is 6.09 Å². The number of carbonyl (C=O) groups is 1. The predicted molar refractivity (Wildman–Crippen MR) is 90.1 cm³/mol. The number of ether oxygens (including phenoxy) is 3. The van der Waals surface area contributed by atoms with Crippen molar-refractivity contribution in [1.29, 1.82) is 0 Å². The SMILES string of the molecule is CCOc1cccc(CNCCNC(=O)OC(C)(C)C)c1OC. The molecule has 0 fully saturated rings. The summed E-state index contributed by atoms with van der Waals surface area (Å²) < 4.78 is 16.1. The summed E-state index contributed by atoms with van der Waals surface area (Å²) >= 11 is 0. The lowest BCUT2D eigenvalue weighted by molar-refractivity contribution is 0.0528. The van der Waals surface area contributed by atoms with Crippen LogP contribution in [0.5, 0.6) is 11.5 Å². The Labute approximate surface area is 138 Å². The van der Waals surface area contributed by atoms with Crippen molar-refractivity contribution in [3.63, 3.8) is 0 Å². The summed E-state index contributed by atoms with van der Waals surface area (Å²) in [5.41, 5.74) is 0.528. The third-order valence-electron chi connectivity index (χ3n) is 2.85. The zero-order chi connectivity index (χ0) is 17.3. The molecule has 0 atom stereocenters. The lowest BCUT2D eigenvalue weighted by Crippen LogP contribution is -2.36. The second-order valence-electron chi connectivity index (χ2n) is 5.99. The number of para-hydroxylation sites is 1. The van der Waals surface area contributed by atoms with E-state index in [1.807, 2.05) is 45.9 Å². The molecule has 23 heavy (non-hydrogen) atoms. The molecule has 0 aliphatic carbocycles. The molecule has 0 saturated carbocycles. The van der Waals surface area contributed by atoms with Crippen molar-refractivity contribution in [3.8, 4) is 11.5 Å². The van der Waals surface area contributed by atoms with Crippen LogP contribution in [0.15, 0.2) is 18.2 Å². The number of benzene rings is 1. The summed E-state index contributed by atoms with van der Waals surface area (Å²) in [5, 5.41) is 5.96. The molecule has 6 heteroatoms. The van der Waals surface area contributed by atoms with E-state index in [4.69, 9.17) is 14.2 Å². The molecule has 1 aromatic rings. The van der Waals surface area contributed by atoms with Crippen LogP contribution in [-0.4, -0.2) is 38.5 Å². The molecule has 0 radical (unpaired) electrons. The van der Waals surface area contributed by atoms with E-state index in [1.54, 1.807) is 7.11 Å². The number of hydrogen-bond acceptors (Lipinski definition) is 5. The lowest BCUT2D eigenvalue weighted by atomic mass is 10.2. The quantitative estimate of drug-likeness (QED) is 0.720. The first kappa shape index (κ1) is 19.1. The molecule has 1 rings (SSSR count). The molecule has 0 aliphatic rings. The average Bonchev–Trinajstić information content (AvgIpc) is 2.45. The normalized spacial score (nSPS) is 11.0. The molecule has 1 aromatic carbocycles. The van der Waals surface area contributed by atoms with Crippen LogP contribution in [0.2, 0.25) is 0 Å². The predicted octanol–water partition coefficient (Wildman–Crippen LogP) is 2.71. The Bertz CT molecular complexity index is 498. The monoisotopic (exact) mass is 324 g/mol. The van der Waals surface area contributed by atoms with Crippen LogP contribution in [0.25, 0.3) is 0 Å². The van der Waals surface area contributed by atoms with Gasteiger partial charge in [0.25, 0.3) is 0 Å². The summed E-state index contributed by atoms with van der Waals surface area (Å²) in [4.78, 5) is 11.5. The third kappa shape index (κ3) is 7.23. The number of rotatable bonds is 8. The lowest BCUT2D eigenvalue weighted by Gasteiger charge is -2.19. The van der Waals surface area contributed by atoms with Crippen LogP contribution in [0.3, 0.4) is 0 Å². The fourth-order valence-corrected chi connectivity index (χ4v) is 1.99. The summed E-state index contributed by atoms with van der Waals surface area (Å²) in [7, 11) is 1.63. The van der Waals surface area contributed by atoms with Gasteiger partial charge in [0.15, 0.2) is 11.5 Å². The van der Waals surface area contributed by atoms with E-state index in [0.717, 1.165) is 17.1 Å². The first-order valence-corrected chi connectivity index (χ1v) is 7.83. The van der Waals surface area contributed by atoms with Gasteiger partial charge in [-0.25, -0.2) is 4.79 Å². The number of nitrogens with one attached hydrogen (secondary N) is 2. The Morgan fingerprint density at radius 2 is 1.96 bits per heavy atom. The smallest absolute Gasteiger partial charge is 0.407 e. The van der Waals surface area contributed by atoms with Crippen LogP contribution in [0, 0.1) is 0 Å². The molecule has 2 N–H and O–H groups in total. The van der Waals surface area contributed by atoms with Gasteiger partial charge in [-0.3, -0.25) is 0 Å². The summed E-state index contributed by atoms with van der Waals surface area (Å²) in [6, 6.07) is 5.80. The molecule has 1 amide bonds. The standard InChI is InChI=1S/C17H28N2O4/c1-6-22-14-9-7-8-13(15(14)21-5)12-18-10-11-19-16(20)23-17(2,3)4/h7-9,18H,6,10-12H2,1-5H3,(H,19,20). The Morgan fingerprint density at radius 1 is 1.22 bits per heavy atom. The van der Waals surface area contributed by atoms with Crippen LogP contribution >= 0.6 is 0 Å². The fraction of sp³-hybridized carbons (Fsp3) is 0.588. The molecule has 0 bridgehead atoms. The van der Waals surface area contributed by atoms with Gasteiger partial charge in [0.2, 0.25) is 0 Å². The molecule has 0 saturated heterocycles. The zero-order valence-corrected chi connectivity index (χ0v) is 14.7. The fourth-order valence-electron chi connectivity index (χ4n) is 1.99. The van der Waals surface area contributed by atoms with Crippen molar-refractivity contribution in [3.05, 3.63) is 23.8 Å². The van der Waals surface area contributed by atoms with Gasteiger partial charge in [-0.05, 0) is 33.8 Å². The van der Waals surface area contributed by atoms with Crippen LogP contribution in [0.1, 0.15) is 33.3 Å². The van der Waals surface area contributed by atoms with Gasteiger partial charge < -0.3 is 24.8 Å². The molecule has 0 aliphatic heterocycles. The second-order valence-corrected chi connectivity index (χ2v) is 5.99. The van der Waals surface area contributed by atoms with E-state index in [9.17, 15) is 4.79 Å². The summed E-state index contributed by atoms with van der Waals surface area (Å²) in [6.45, 7) is 9.77. The van der Waals surface area contributed by atoms with Crippen molar-refractivity contribution in [2.45, 2.75) is 39.8 Å². The Hall–Kier alpha value is -1.95. The summed E-state index contributed by atoms with van der Waals surface area (Å²) in [5.74, 6) is 1.48. The highest BCUT2D eigenvalue weighted by Gasteiger charge is 2.15. The number of carbonyl (C=O) groups excluding carboxylic acids is 1. The molecular formula is C17H28N2O4. The first-order chi connectivity index (χ1) is 10.9. The molecular weight excluding hydrogens is 296 g/mol. The van der Waals surface area contributed by atoms with Crippen molar-refractivity contribution in [1.82, 2.24) is 10.6 Å². The van der Waals surface area contributed by atoms with Gasteiger partial charge in [0.1, 0.15) is 5.60 Å². The van der Waals surface area contributed by atoms with Crippen molar-refractivity contribution in [2.24, 2.45) is 0 Å². The van der Waals surface area contributed by atoms with E-state index in [2.05, 4.69) is 10.6 Å².